The van der Waals surface area contributed by atoms with Crippen molar-refractivity contribution < 1.29 is 9.13 Å². The Morgan fingerprint density at radius 1 is 1.65 bits per heavy atom. The molecule has 17 heavy (non-hydrogen) atoms. The fourth-order valence-electron chi connectivity index (χ4n) is 1.73. The molecule has 4 heteroatoms. The number of rotatable bonds is 4. The number of halogens is 1. The van der Waals surface area contributed by atoms with Gasteiger partial charge in [-0.25, -0.2) is 4.39 Å². The summed E-state index contributed by atoms with van der Waals surface area (Å²) >= 11 is 0. The maximum atomic E-state index is 13.0. The van der Waals surface area contributed by atoms with Gasteiger partial charge in [0.1, 0.15) is 11.6 Å². The average molecular weight is 236 g/mol. The van der Waals surface area contributed by atoms with E-state index >= 15 is 0 Å². The monoisotopic (exact) mass is 236 g/mol. The first-order chi connectivity index (χ1) is 8.20. The smallest absolute Gasteiger partial charge is 0.155 e. The number of benzene rings is 1. The van der Waals surface area contributed by atoms with Crippen LogP contribution in [0.15, 0.2) is 30.5 Å². The first-order valence-electron chi connectivity index (χ1n) is 5.83. The molecule has 1 atom stereocenters. The number of hydrogen-bond donors (Lipinski definition) is 2. The summed E-state index contributed by atoms with van der Waals surface area (Å²) < 4.78 is 18.7. The topological polar surface area (TPSA) is 33.3 Å². The molecule has 1 aliphatic heterocycles. The van der Waals surface area contributed by atoms with Crippen LogP contribution in [-0.4, -0.2) is 19.2 Å². The van der Waals surface area contributed by atoms with Gasteiger partial charge in [0.2, 0.25) is 0 Å². The van der Waals surface area contributed by atoms with Crippen LogP contribution in [0.5, 0.6) is 5.75 Å². The van der Waals surface area contributed by atoms with E-state index in [0.717, 1.165) is 18.7 Å². The Bertz CT molecular complexity index is 420. The van der Waals surface area contributed by atoms with E-state index in [1.807, 2.05) is 0 Å². The summed E-state index contributed by atoms with van der Waals surface area (Å²) in [6.45, 7) is 7.54. The molecule has 0 radical (unpaired) electrons. The van der Waals surface area contributed by atoms with E-state index < -0.39 is 0 Å². The molecule has 1 aliphatic rings. The second kappa shape index (κ2) is 5.08. The predicted octanol–water partition coefficient (Wildman–Crippen LogP) is 2.51. The lowest BCUT2D eigenvalue weighted by Gasteiger charge is -2.29. The Hall–Kier alpha value is -1.71. The largest absolute Gasteiger partial charge is 0.480 e. The van der Waals surface area contributed by atoms with Crippen LogP contribution in [0.3, 0.4) is 0 Å². The number of nitrogens with one attached hydrogen (secondary N) is 2. The maximum Gasteiger partial charge on any atom is 0.155 e. The van der Waals surface area contributed by atoms with Crippen LogP contribution >= 0.6 is 0 Å². The van der Waals surface area contributed by atoms with Gasteiger partial charge in [0, 0.05) is 18.3 Å². The highest BCUT2D eigenvalue weighted by Crippen LogP contribution is 2.30. The molecule has 1 aromatic rings. The molecule has 1 unspecified atom stereocenters. The van der Waals surface area contributed by atoms with Gasteiger partial charge in [-0.2, -0.15) is 0 Å². The average Bonchev–Trinajstić information content (AvgIpc) is 2.35. The van der Waals surface area contributed by atoms with Crippen molar-refractivity contribution >= 4 is 5.69 Å². The first kappa shape index (κ1) is 11.8. The van der Waals surface area contributed by atoms with E-state index in [0.29, 0.717) is 18.0 Å². The van der Waals surface area contributed by atoms with Gasteiger partial charge in [0.25, 0.3) is 0 Å². The first-order valence-corrected chi connectivity index (χ1v) is 5.83. The predicted molar refractivity (Wildman–Crippen MR) is 66.7 cm³/mol. The van der Waals surface area contributed by atoms with Crippen molar-refractivity contribution in [3.05, 3.63) is 36.3 Å². The van der Waals surface area contributed by atoms with Gasteiger partial charge in [-0.3, -0.25) is 0 Å². The number of fused-ring (bicyclic) bond motifs is 1. The van der Waals surface area contributed by atoms with E-state index in [1.54, 1.807) is 6.07 Å². The Labute approximate surface area is 101 Å². The summed E-state index contributed by atoms with van der Waals surface area (Å²) in [6.07, 6.45) is 0.931. The molecule has 0 aliphatic carbocycles. The van der Waals surface area contributed by atoms with Crippen molar-refractivity contribution in [2.24, 2.45) is 0 Å². The fraction of sp³-hybridized carbons (Fsp3) is 0.385. The minimum atomic E-state index is -0.263. The zero-order valence-corrected chi connectivity index (χ0v) is 9.92. The number of hydrogen-bond acceptors (Lipinski definition) is 3. The minimum absolute atomic E-state index is 0.112. The lowest BCUT2D eigenvalue weighted by atomic mass is 10.2. The minimum Gasteiger partial charge on any atom is -0.480 e. The van der Waals surface area contributed by atoms with Crippen LogP contribution in [0.4, 0.5) is 10.1 Å². The van der Waals surface area contributed by atoms with Crippen LogP contribution in [0, 0.1) is 5.82 Å². The molecule has 2 N–H and O–H groups in total. The normalized spacial score (nSPS) is 17.6. The Morgan fingerprint density at radius 3 is 3.24 bits per heavy atom. The molecular weight excluding hydrogens is 219 g/mol. The number of anilines is 1. The summed E-state index contributed by atoms with van der Waals surface area (Å²) in [4.78, 5) is 0. The van der Waals surface area contributed by atoms with Crippen molar-refractivity contribution in [2.45, 2.75) is 19.4 Å². The van der Waals surface area contributed by atoms with E-state index in [1.165, 1.54) is 12.1 Å². The highest BCUT2D eigenvalue weighted by Gasteiger charge is 2.21. The van der Waals surface area contributed by atoms with Gasteiger partial charge in [0.15, 0.2) is 6.10 Å². The zero-order valence-electron chi connectivity index (χ0n) is 9.92. The molecule has 0 bridgehead atoms. The summed E-state index contributed by atoms with van der Waals surface area (Å²) in [5.41, 5.74) is 1.55. The summed E-state index contributed by atoms with van der Waals surface area (Å²) in [6, 6.07) is 4.47. The summed E-state index contributed by atoms with van der Waals surface area (Å²) in [7, 11) is 0. The summed E-state index contributed by atoms with van der Waals surface area (Å²) in [5.74, 6) is 0.406. The molecule has 0 aromatic heterocycles. The van der Waals surface area contributed by atoms with Gasteiger partial charge < -0.3 is 15.4 Å². The molecule has 0 fully saturated rings. The van der Waals surface area contributed by atoms with Crippen molar-refractivity contribution in [3.63, 3.8) is 0 Å². The van der Waals surface area contributed by atoms with Crippen molar-refractivity contribution in [2.75, 3.05) is 18.4 Å². The quantitative estimate of drug-likeness (QED) is 0.842. The van der Waals surface area contributed by atoms with E-state index in [2.05, 4.69) is 24.1 Å². The molecule has 3 nitrogen and oxygen atoms in total. The molecule has 0 spiro atoms. The molecule has 0 saturated carbocycles. The van der Waals surface area contributed by atoms with E-state index in [-0.39, 0.29) is 11.9 Å². The highest BCUT2D eigenvalue weighted by molar-refractivity contribution is 5.58. The second-order valence-electron chi connectivity index (χ2n) is 4.08. The van der Waals surface area contributed by atoms with Crippen LogP contribution in [0.1, 0.15) is 13.3 Å². The molecule has 92 valence electrons. The Kier molecular flexibility index (Phi) is 3.52. The summed E-state index contributed by atoms with van der Waals surface area (Å²) in [5, 5.41) is 6.36. The lowest BCUT2D eigenvalue weighted by Crippen LogP contribution is -2.37. The van der Waals surface area contributed by atoms with Gasteiger partial charge in [-0.1, -0.05) is 13.5 Å². The van der Waals surface area contributed by atoms with Crippen LogP contribution in [0.2, 0.25) is 0 Å². The van der Waals surface area contributed by atoms with Gasteiger partial charge >= 0.3 is 0 Å². The van der Waals surface area contributed by atoms with Gasteiger partial charge in [-0.15, -0.1) is 0 Å². The fourth-order valence-corrected chi connectivity index (χ4v) is 1.73. The molecule has 0 saturated heterocycles. The lowest BCUT2D eigenvalue weighted by molar-refractivity contribution is 0.232. The van der Waals surface area contributed by atoms with Crippen LogP contribution in [-0.2, 0) is 0 Å². The third kappa shape index (κ3) is 2.70. The third-order valence-corrected chi connectivity index (χ3v) is 2.68. The maximum absolute atomic E-state index is 13.0. The third-order valence-electron chi connectivity index (χ3n) is 2.68. The van der Waals surface area contributed by atoms with Gasteiger partial charge in [-0.05, 0) is 18.6 Å². The molecule has 0 amide bonds. The highest BCUT2D eigenvalue weighted by atomic mass is 19.1. The van der Waals surface area contributed by atoms with E-state index in [9.17, 15) is 4.39 Å². The zero-order chi connectivity index (χ0) is 12.3. The molecular formula is C13H17FN2O. The molecule has 2 rings (SSSR count). The van der Waals surface area contributed by atoms with Gasteiger partial charge in [0.05, 0.1) is 12.2 Å². The Balaban J connectivity index is 2.03. The standard InChI is InChI=1S/C13H17FN2O/c1-3-6-15-9(2)13-8-16-11-7-10(14)4-5-12(11)17-13/h4-5,7,13,15-16H,2-3,6,8H2,1H3. The second-order valence-corrected chi connectivity index (χ2v) is 4.08. The van der Waals surface area contributed by atoms with E-state index in [4.69, 9.17) is 4.74 Å². The van der Waals surface area contributed by atoms with Crippen LogP contribution < -0.4 is 15.4 Å². The van der Waals surface area contributed by atoms with Crippen LogP contribution in [0.25, 0.3) is 0 Å². The van der Waals surface area contributed by atoms with Crippen molar-refractivity contribution in [3.8, 4) is 5.75 Å². The molecule has 1 aromatic carbocycles. The Morgan fingerprint density at radius 2 is 2.47 bits per heavy atom. The van der Waals surface area contributed by atoms with Crippen molar-refractivity contribution in [1.82, 2.24) is 5.32 Å². The SMILES string of the molecule is C=C(NCCC)C1CNc2cc(F)ccc2O1. The molecule has 1 heterocycles. The number of ether oxygens (including phenoxy) is 1. The van der Waals surface area contributed by atoms with Crippen molar-refractivity contribution in [1.29, 1.82) is 0 Å².